The Hall–Kier alpha value is -2.17. The van der Waals surface area contributed by atoms with Crippen LogP contribution < -0.4 is 4.74 Å². The van der Waals surface area contributed by atoms with Gasteiger partial charge in [-0.15, -0.1) is 13.2 Å². The van der Waals surface area contributed by atoms with Crippen LogP contribution in [-0.4, -0.2) is 11.5 Å². The average Bonchev–Trinajstić information content (AvgIpc) is 2.31. The van der Waals surface area contributed by atoms with Gasteiger partial charge in [-0.25, -0.2) is 0 Å². The van der Waals surface area contributed by atoms with Gasteiger partial charge < -0.3 is 9.84 Å². The lowest BCUT2D eigenvalue weighted by Gasteiger charge is -2.11. The Bertz CT molecular complexity index is 536. The van der Waals surface area contributed by atoms with Crippen LogP contribution in [0.25, 0.3) is 11.1 Å². The van der Waals surface area contributed by atoms with Crippen LogP contribution in [-0.2, 0) is 0 Å². The van der Waals surface area contributed by atoms with Crippen molar-refractivity contribution in [1.82, 2.24) is 0 Å². The van der Waals surface area contributed by atoms with Crippen molar-refractivity contribution in [3.63, 3.8) is 0 Å². The summed E-state index contributed by atoms with van der Waals surface area (Å²) in [6, 6.07) is 12.7. The molecule has 0 saturated heterocycles. The highest BCUT2D eigenvalue weighted by Gasteiger charge is 2.32. The van der Waals surface area contributed by atoms with E-state index >= 15 is 0 Å². The third kappa shape index (κ3) is 2.94. The Balaban J connectivity index is 2.38. The Morgan fingerprint density at radius 1 is 0.889 bits per heavy atom. The van der Waals surface area contributed by atoms with Gasteiger partial charge >= 0.3 is 6.36 Å². The van der Waals surface area contributed by atoms with Crippen LogP contribution >= 0.6 is 0 Å². The number of benzene rings is 2. The van der Waals surface area contributed by atoms with E-state index in [2.05, 4.69) is 4.74 Å². The first-order chi connectivity index (χ1) is 8.46. The molecule has 2 aromatic rings. The molecule has 0 saturated carbocycles. The number of hydrogen-bond acceptors (Lipinski definition) is 2. The second-order valence-electron chi connectivity index (χ2n) is 3.60. The van der Waals surface area contributed by atoms with Gasteiger partial charge in [-0.05, 0) is 23.3 Å². The summed E-state index contributed by atoms with van der Waals surface area (Å²) in [7, 11) is 0. The average molecular weight is 254 g/mol. The van der Waals surface area contributed by atoms with Gasteiger partial charge in [0.25, 0.3) is 0 Å². The van der Waals surface area contributed by atoms with Crippen molar-refractivity contribution in [2.75, 3.05) is 0 Å². The van der Waals surface area contributed by atoms with Crippen LogP contribution in [0.1, 0.15) is 0 Å². The zero-order valence-corrected chi connectivity index (χ0v) is 9.11. The Labute approximate surface area is 101 Å². The number of phenolic OH excluding ortho intramolecular Hbond substituents is 1. The molecule has 2 nitrogen and oxygen atoms in total. The number of phenols is 1. The number of hydrogen-bond donors (Lipinski definition) is 1. The largest absolute Gasteiger partial charge is 0.573 e. The smallest absolute Gasteiger partial charge is 0.504 e. The number of halogens is 3. The molecule has 5 heteroatoms. The molecule has 0 aliphatic carbocycles. The van der Waals surface area contributed by atoms with E-state index in [1.165, 1.54) is 12.1 Å². The third-order valence-electron chi connectivity index (χ3n) is 2.29. The lowest BCUT2D eigenvalue weighted by atomic mass is 10.1. The summed E-state index contributed by atoms with van der Waals surface area (Å²) >= 11 is 0. The van der Waals surface area contributed by atoms with Crippen molar-refractivity contribution in [1.29, 1.82) is 0 Å². The second-order valence-corrected chi connectivity index (χ2v) is 3.60. The highest BCUT2D eigenvalue weighted by atomic mass is 19.4. The van der Waals surface area contributed by atoms with E-state index in [9.17, 15) is 18.3 Å². The number of aromatic hydroxyl groups is 1. The minimum absolute atomic E-state index is 0.535. The first-order valence-corrected chi connectivity index (χ1v) is 5.10. The number of rotatable bonds is 2. The van der Waals surface area contributed by atoms with Crippen LogP contribution in [0.3, 0.4) is 0 Å². The van der Waals surface area contributed by atoms with Crippen molar-refractivity contribution in [2.45, 2.75) is 6.36 Å². The van der Waals surface area contributed by atoms with Crippen LogP contribution in [0.2, 0.25) is 0 Å². The van der Waals surface area contributed by atoms with E-state index < -0.39 is 17.9 Å². The monoisotopic (exact) mass is 254 g/mol. The minimum atomic E-state index is -4.83. The molecule has 0 bridgehead atoms. The molecule has 0 atom stereocenters. The second kappa shape index (κ2) is 4.60. The van der Waals surface area contributed by atoms with Crippen molar-refractivity contribution in [3.8, 4) is 22.6 Å². The zero-order chi connectivity index (χ0) is 13.2. The summed E-state index contributed by atoms with van der Waals surface area (Å²) in [5, 5.41) is 9.32. The first kappa shape index (κ1) is 12.3. The summed E-state index contributed by atoms with van der Waals surface area (Å²) in [4.78, 5) is 0. The standard InChI is InChI=1S/C13H9F3O2/c14-13(15,16)18-12-8-10(6-7-11(12)17)9-4-2-1-3-5-9/h1-8,17H. The fourth-order valence-corrected chi connectivity index (χ4v) is 1.53. The lowest BCUT2D eigenvalue weighted by Crippen LogP contribution is -2.17. The molecule has 0 fully saturated rings. The van der Waals surface area contributed by atoms with Gasteiger partial charge in [0.15, 0.2) is 11.5 Å². The molecule has 18 heavy (non-hydrogen) atoms. The third-order valence-corrected chi connectivity index (χ3v) is 2.29. The van der Waals surface area contributed by atoms with E-state index in [0.29, 0.717) is 5.56 Å². The molecule has 0 aliphatic rings. The van der Waals surface area contributed by atoms with Gasteiger partial charge in [0.2, 0.25) is 0 Å². The maximum atomic E-state index is 12.1. The summed E-state index contributed by atoms with van der Waals surface area (Å²) in [5.74, 6) is -1.16. The first-order valence-electron chi connectivity index (χ1n) is 5.10. The molecule has 0 radical (unpaired) electrons. The predicted molar refractivity (Wildman–Crippen MR) is 60.2 cm³/mol. The maximum absolute atomic E-state index is 12.1. The van der Waals surface area contributed by atoms with E-state index in [4.69, 9.17) is 0 Å². The van der Waals surface area contributed by atoms with E-state index in [0.717, 1.165) is 11.6 Å². The van der Waals surface area contributed by atoms with Crippen LogP contribution in [0, 0.1) is 0 Å². The summed E-state index contributed by atoms with van der Waals surface area (Å²) in [6.07, 6.45) is -4.83. The molecule has 2 aromatic carbocycles. The molecule has 0 heterocycles. The number of alkyl halides is 3. The molecule has 0 aliphatic heterocycles. The fourth-order valence-electron chi connectivity index (χ4n) is 1.53. The Kier molecular flexibility index (Phi) is 3.14. The minimum Gasteiger partial charge on any atom is -0.504 e. The van der Waals surface area contributed by atoms with E-state index in [-0.39, 0.29) is 0 Å². The van der Waals surface area contributed by atoms with Gasteiger partial charge in [-0.1, -0.05) is 36.4 Å². The Morgan fingerprint density at radius 2 is 1.56 bits per heavy atom. The fraction of sp³-hybridized carbons (Fsp3) is 0.0769. The highest BCUT2D eigenvalue weighted by molar-refractivity contribution is 5.66. The molecular formula is C13H9F3O2. The number of ether oxygens (including phenoxy) is 1. The van der Waals surface area contributed by atoms with Gasteiger partial charge in [0.05, 0.1) is 0 Å². The molecule has 94 valence electrons. The molecule has 0 unspecified atom stereocenters. The zero-order valence-electron chi connectivity index (χ0n) is 9.11. The van der Waals surface area contributed by atoms with Gasteiger partial charge in [-0.2, -0.15) is 0 Å². The van der Waals surface area contributed by atoms with Crippen LogP contribution in [0.15, 0.2) is 48.5 Å². The van der Waals surface area contributed by atoms with Crippen molar-refractivity contribution in [2.24, 2.45) is 0 Å². The van der Waals surface area contributed by atoms with Crippen molar-refractivity contribution < 1.29 is 23.0 Å². The molecule has 2 rings (SSSR count). The molecule has 1 N–H and O–H groups in total. The summed E-state index contributed by atoms with van der Waals surface area (Å²) in [6.45, 7) is 0. The molecule has 0 spiro atoms. The summed E-state index contributed by atoms with van der Waals surface area (Å²) in [5.41, 5.74) is 1.28. The molecule has 0 amide bonds. The highest BCUT2D eigenvalue weighted by Crippen LogP contribution is 2.35. The van der Waals surface area contributed by atoms with E-state index in [1.807, 2.05) is 0 Å². The lowest BCUT2D eigenvalue weighted by molar-refractivity contribution is -0.275. The topological polar surface area (TPSA) is 29.5 Å². The normalized spacial score (nSPS) is 11.3. The van der Waals surface area contributed by atoms with Crippen LogP contribution in [0.5, 0.6) is 11.5 Å². The maximum Gasteiger partial charge on any atom is 0.573 e. The van der Waals surface area contributed by atoms with Gasteiger partial charge in [0, 0.05) is 0 Å². The molecule has 0 aromatic heterocycles. The van der Waals surface area contributed by atoms with Gasteiger partial charge in [0.1, 0.15) is 0 Å². The summed E-state index contributed by atoms with van der Waals surface area (Å²) < 4.78 is 40.1. The van der Waals surface area contributed by atoms with Crippen molar-refractivity contribution >= 4 is 0 Å². The predicted octanol–water partition coefficient (Wildman–Crippen LogP) is 3.96. The SMILES string of the molecule is Oc1ccc(-c2ccccc2)cc1OC(F)(F)F. The van der Waals surface area contributed by atoms with Crippen LogP contribution in [0.4, 0.5) is 13.2 Å². The van der Waals surface area contributed by atoms with Crippen molar-refractivity contribution in [3.05, 3.63) is 48.5 Å². The van der Waals surface area contributed by atoms with E-state index in [1.54, 1.807) is 30.3 Å². The quantitative estimate of drug-likeness (QED) is 0.879. The van der Waals surface area contributed by atoms with Gasteiger partial charge in [-0.3, -0.25) is 0 Å². The molecular weight excluding hydrogens is 245 g/mol. The Morgan fingerprint density at radius 3 is 2.17 bits per heavy atom.